The predicted octanol–water partition coefficient (Wildman–Crippen LogP) is 5.82. The topological polar surface area (TPSA) is 90.2 Å². The molecule has 10 heteroatoms. The van der Waals surface area contributed by atoms with Crippen LogP contribution in [0.5, 0.6) is 0 Å². The molecule has 5 unspecified atom stereocenters. The van der Waals surface area contributed by atoms with E-state index in [1.54, 1.807) is 0 Å². The monoisotopic (exact) mass is 593 g/mol. The van der Waals surface area contributed by atoms with E-state index in [0.717, 1.165) is 16.7 Å². The van der Waals surface area contributed by atoms with E-state index >= 15 is 0 Å². The van der Waals surface area contributed by atoms with E-state index in [1.807, 2.05) is 91.0 Å². The van der Waals surface area contributed by atoms with Crippen LogP contribution in [0.1, 0.15) is 16.7 Å². The van der Waals surface area contributed by atoms with Crippen LogP contribution in [0.3, 0.4) is 0 Å². The molecule has 0 spiro atoms. The van der Waals surface area contributed by atoms with Gasteiger partial charge < -0.3 is 28.8 Å². The Hall–Kier alpha value is -2.20. The van der Waals surface area contributed by atoms with Crippen molar-refractivity contribution in [2.45, 2.75) is 54.3 Å². The molecule has 5 atom stereocenters. The third-order valence-electron chi connectivity index (χ3n) is 6.07. The Morgan fingerprint density at radius 3 is 1.69 bits per heavy atom. The lowest BCUT2D eigenvalue weighted by atomic mass is 9.98. The number of halogens is 3. The van der Waals surface area contributed by atoms with Gasteiger partial charge in [-0.25, -0.2) is 0 Å². The van der Waals surface area contributed by atoms with E-state index in [-0.39, 0.29) is 19.8 Å². The van der Waals surface area contributed by atoms with Crippen molar-refractivity contribution in [2.24, 2.45) is 0 Å². The summed E-state index contributed by atoms with van der Waals surface area (Å²) in [5.74, 6) is -0.689. The molecular formula is C29H30Cl3NO6. The fourth-order valence-corrected chi connectivity index (χ4v) is 4.24. The quantitative estimate of drug-likeness (QED) is 0.165. The fraction of sp³-hybridized carbons (Fsp3) is 0.345. The van der Waals surface area contributed by atoms with Crippen LogP contribution in [0.25, 0.3) is 0 Å². The number of alkyl halides is 3. The lowest BCUT2D eigenvalue weighted by Crippen LogP contribution is -2.61. The van der Waals surface area contributed by atoms with Crippen LogP contribution in [-0.4, -0.2) is 52.1 Å². The average molecular weight is 595 g/mol. The standard InChI is InChI=1S/C29H30Cl3NO6/c30-29(31,32)28(33)39-27-24(34)26(37-18-22-14-8-3-9-15-22)25(36-17-21-12-6-2-7-13-21)23(38-27)19-35-16-20-10-4-1-5-11-20/h1-15,23-27,33-34H,16-19H2. The molecular weight excluding hydrogens is 565 g/mol. The summed E-state index contributed by atoms with van der Waals surface area (Å²) in [4.78, 5) is 0. The van der Waals surface area contributed by atoms with Gasteiger partial charge in [0.15, 0.2) is 0 Å². The Balaban J connectivity index is 1.56. The molecule has 1 fully saturated rings. The zero-order valence-corrected chi connectivity index (χ0v) is 23.3. The normalized spacial score (nSPS) is 23.3. The highest BCUT2D eigenvalue weighted by Crippen LogP contribution is 2.33. The molecule has 0 amide bonds. The van der Waals surface area contributed by atoms with Crippen molar-refractivity contribution >= 4 is 40.7 Å². The largest absolute Gasteiger partial charge is 0.445 e. The number of ether oxygens (including phenoxy) is 5. The van der Waals surface area contributed by atoms with Crippen LogP contribution in [0, 0.1) is 5.41 Å². The van der Waals surface area contributed by atoms with Gasteiger partial charge in [-0.2, -0.15) is 0 Å². The van der Waals surface area contributed by atoms with Crippen LogP contribution >= 0.6 is 34.8 Å². The van der Waals surface area contributed by atoms with Crippen molar-refractivity contribution < 1.29 is 28.8 Å². The number of rotatable bonds is 11. The van der Waals surface area contributed by atoms with E-state index < -0.39 is 40.4 Å². The molecule has 208 valence electrons. The van der Waals surface area contributed by atoms with Gasteiger partial charge in [-0.3, -0.25) is 5.41 Å². The van der Waals surface area contributed by atoms with E-state index in [1.165, 1.54) is 0 Å². The summed E-state index contributed by atoms with van der Waals surface area (Å²) in [6.07, 6.45) is -5.14. The van der Waals surface area contributed by atoms with Crippen LogP contribution in [-0.2, 0) is 43.5 Å². The Morgan fingerprint density at radius 2 is 1.21 bits per heavy atom. The van der Waals surface area contributed by atoms with Gasteiger partial charge in [0.05, 0.1) is 26.4 Å². The molecule has 0 saturated carbocycles. The van der Waals surface area contributed by atoms with Gasteiger partial charge in [0.2, 0.25) is 12.2 Å². The SMILES string of the molecule is N=C(OC1OC(COCc2ccccc2)C(OCc2ccccc2)C(OCc2ccccc2)C1O)C(Cl)(Cl)Cl. The van der Waals surface area contributed by atoms with Gasteiger partial charge in [-0.15, -0.1) is 0 Å². The predicted molar refractivity (Wildman–Crippen MR) is 150 cm³/mol. The lowest BCUT2D eigenvalue weighted by molar-refractivity contribution is -0.303. The number of hydrogen-bond acceptors (Lipinski definition) is 7. The van der Waals surface area contributed by atoms with Gasteiger partial charge in [-0.05, 0) is 16.7 Å². The highest BCUT2D eigenvalue weighted by atomic mass is 35.6. The Morgan fingerprint density at radius 1 is 0.744 bits per heavy atom. The summed E-state index contributed by atoms with van der Waals surface area (Å²) >= 11 is 17.5. The Kier molecular flexibility index (Phi) is 11.0. The van der Waals surface area contributed by atoms with Crippen LogP contribution in [0.4, 0.5) is 0 Å². The first-order chi connectivity index (χ1) is 18.8. The first-order valence-electron chi connectivity index (χ1n) is 12.4. The van der Waals surface area contributed by atoms with Gasteiger partial charge in [0, 0.05) is 0 Å². The molecule has 2 N–H and O–H groups in total. The minimum Gasteiger partial charge on any atom is -0.445 e. The third kappa shape index (κ3) is 8.90. The molecule has 7 nitrogen and oxygen atoms in total. The third-order valence-corrected chi connectivity index (χ3v) is 6.59. The van der Waals surface area contributed by atoms with Gasteiger partial charge in [0.1, 0.15) is 24.4 Å². The zero-order chi connectivity index (χ0) is 27.7. The zero-order valence-electron chi connectivity index (χ0n) is 21.0. The van der Waals surface area contributed by atoms with Gasteiger partial charge >= 0.3 is 0 Å². The fourth-order valence-electron chi connectivity index (χ4n) is 4.10. The molecule has 0 aromatic heterocycles. The summed E-state index contributed by atoms with van der Waals surface area (Å²) in [7, 11) is 0. The molecule has 3 aromatic rings. The van der Waals surface area contributed by atoms with Crippen molar-refractivity contribution in [3.05, 3.63) is 108 Å². The smallest absolute Gasteiger partial charge is 0.265 e. The van der Waals surface area contributed by atoms with Gasteiger partial charge in [0.25, 0.3) is 3.79 Å². The molecule has 0 radical (unpaired) electrons. The maximum atomic E-state index is 11.3. The molecule has 0 aliphatic carbocycles. The number of aliphatic hydroxyl groups excluding tert-OH is 1. The van der Waals surface area contributed by atoms with Crippen molar-refractivity contribution in [3.63, 3.8) is 0 Å². The summed E-state index contributed by atoms with van der Waals surface area (Å²) in [6.45, 7) is 0.865. The van der Waals surface area contributed by atoms with Crippen LogP contribution < -0.4 is 0 Å². The molecule has 1 heterocycles. The summed E-state index contributed by atoms with van der Waals surface area (Å²) in [6, 6.07) is 28.9. The maximum absolute atomic E-state index is 11.3. The van der Waals surface area contributed by atoms with E-state index in [2.05, 4.69) is 0 Å². The summed E-state index contributed by atoms with van der Waals surface area (Å²) < 4.78 is 27.9. The average Bonchev–Trinajstić information content (AvgIpc) is 2.94. The second kappa shape index (κ2) is 14.4. The van der Waals surface area contributed by atoms with Crippen molar-refractivity contribution in [2.75, 3.05) is 6.61 Å². The Labute approximate surface area is 243 Å². The minimum atomic E-state index is -2.14. The van der Waals surface area contributed by atoms with E-state index in [9.17, 15) is 5.11 Å². The molecule has 1 aliphatic heterocycles. The van der Waals surface area contributed by atoms with Crippen LogP contribution in [0.2, 0.25) is 0 Å². The first kappa shape index (κ1) is 29.8. The van der Waals surface area contributed by atoms with E-state index in [0.29, 0.717) is 6.61 Å². The highest BCUT2D eigenvalue weighted by molar-refractivity contribution is 6.76. The second-order valence-corrected chi connectivity index (χ2v) is 11.3. The molecule has 39 heavy (non-hydrogen) atoms. The van der Waals surface area contributed by atoms with Gasteiger partial charge in [-0.1, -0.05) is 126 Å². The van der Waals surface area contributed by atoms with Crippen molar-refractivity contribution in [1.82, 2.24) is 0 Å². The second-order valence-electron chi connectivity index (χ2n) is 9.00. The van der Waals surface area contributed by atoms with Crippen molar-refractivity contribution in [3.8, 4) is 0 Å². The number of aliphatic hydroxyl groups is 1. The number of benzene rings is 3. The molecule has 3 aromatic carbocycles. The lowest BCUT2D eigenvalue weighted by Gasteiger charge is -2.44. The minimum absolute atomic E-state index is 0.0905. The number of hydrogen-bond donors (Lipinski definition) is 2. The number of nitrogens with one attached hydrogen (secondary N) is 1. The maximum Gasteiger partial charge on any atom is 0.265 e. The molecule has 0 bridgehead atoms. The van der Waals surface area contributed by atoms with Crippen molar-refractivity contribution in [1.29, 1.82) is 5.41 Å². The Bertz CT molecular complexity index is 1150. The molecule has 4 rings (SSSR count). The first-order valence-corrected chi connectivity index (χ1v) is 13.5. The van der Waals surface area contributed by atoms with E-state index in [4.69, 9.17) is 63.9 Å². The summed E-state index contributed by atoms with van der Waals surface area (Å²) in [5.41, 5.74) is 2.83. The summed E-state index contributed by atoms with van der Waals surface area (Å²) in [5, 5.41) is 19.3. The molecule has 1 aliphatic rings. The molecule has 1 saturated heterocycles. The highest BCUT2D eigenvalue weighted by Gasteiger charge is 2.49. The van der Waals surface area contributed by atoms with Crippen LogP contribution in [0.15, 0.2) is 91.0 Å².